The number of Topliss-reactive ketones (excluding diaryl/α,β-unsaturated/α-hetero) is 1. The number of anilines is 1. The van der Waals surface area contributed by atoms with Gasteiger partial charge in [-0.2, -0.15) is 0 Å². The van der Waals surface area contributed by atoms with Crippen LogP contribution < -0.4 is 14.4 Å². The first kappa shape index (κ1) is 24.9. The molecule has 1 heterocycles. The normalized spacial score (nSPS) is 16.8. The number of likely N-dealkylation sites (tertiary alicyclic amines) is 1. The number of hydrogen-bond donors (Lipinski definition) is 1. The highest BCUT2D eigenvalue weighted by Gasteiger charge is 2.46. The molecule has 1 fully saturated rings. The van der Waals surface area contributed by atoms with Crippen LogP contribution in [0.25, 0.3) is 5.76 Å². The van der Waals surface area contributed by atoms with E-state index in [4.69, 9.17) is 9.47 Å². The third-order valence-corrected chi connectivity index (χ3v) is 6.17. The van der Waals surface area contributed by atoms with Crippen LogP contribution in [0.3, 0.4) is 0 Å². The minimum absolute atomic E-state index is 0.0480. The maximum Gasteiger partial charge on any atom is 0.295 e. The van der Waals surface area contributed by atoms with Crippen LogP contribution in [-0.2, 0) is 16.1 Å². The zero-order valence-corrected chi connectivity index (χ0v) is 20.9. The summed E-state index contributed by atoms with van der Waals surface area (Å²) in [5.41, 5.74) is 2.98. The van der Waals surface area contributed by atoms with E-state index in [1.807, 2.05) is 74.4 Å². The first-order valence-corrected chi connectivity index (χ1v) is 11.8. The summed E-state index contributed by atoms with van der Waals surface area (Å²) < 4.78 is 10.9. The van der Waals surface area contributed by atoms with Gasteiger partial charge in [-0.3, -0.25) is 9.59 Å². The molecule has 1 N–H and O–H groups in total. The fourth-order valence-electron chi connectivity index (χ4n) is 4.37. The third-order valence-electron chi connectivity index (χ3n) is 6.17. The number of benzene rings is 3. The first-order chi connectivity index (χ1) is 17.3. The van der Waals surface area contributed by atoms with Gasteiger partial charge in [0.1, 0.15) is 17.3 Å². The second-order valence-electron chi connectivity index (χ2n) is 8.73. The molecule has 1 aliphatic heterocycles. The average molecular weight is 487 g/mol. The largest absolute Gasteiger partial charge is 0.507 e. The Morgan fingerprint density at radius 2 is 1.67 bits per heavy atom. The lowest BCUT2D eigenvalue weighted by atomic mass is 9.95. The number of aliphatic hydroxyl groups excluding tert-OH is 1. The summed E-state index contributed by atoms with van der Waals surface area (Å²) >= 11 is 0. The quantitative estimate of drug-likeness (QED) is 0.280. The van der Waals surface area contributed by atoms with Gasteiger partial charge < -0.3 is 24.4 Å². The van der Waals surface area contributed by atoms with Crippen molar-refractivity contribution in [2.24, 2.45) is 0 Å². The maximum atomic E-state index is 13.3. The van der Waals surface area contributed by atoms with E-state index in [9.17, 15) is 14.7 Å². The van der Waals surface area contributed by atoms with Crippen LogP contribution >= 0.6 is 0 Å². The average Bonchev–Trinajstić information content (AvgIpc) is 3.13. The van der Waals surface area contributed by atoms with Gasteiger partial charge in [-0.25, -0.2) is 0 Å². The number of carbonyl (C=O) groups excluding carboxylic acids is 2. The molecule has 0 bridgehead atoms. The van der Waals surface area contributed by atoms with Crippen LogP contribution in [0.2, 0.25) is 0 Å². The Labute approximate surface area is 211 Å². The van der Waals surface area contributed by atoms with E-state index in [0.717, 1.165) is 16.8 Å². The molecule has 1 atom stereocenters. The molecule has 7 heteroatoms. The number of nitrogens with zero attached hydrogens (tertiary/aromatic N) is 2. The minimum atomic E-state index is -0.761. The van der Waals surface area contributed by atoms with Crippen molar-refractivity contribution in [2.45, 2.75) is 19.5 Å². The lowest BCUT2D eigenvalue weighted by molar-refractivity contribution is -0.140. The van der Waals surface area contributed by atoms with Gasteiger partial charge in [0.2, 0.25) is 0 Å². The van der Waals surface area contributed by atoms with Crippen molar-refractivity contribution in [2.75, 3.05) is 32.7 Å². The second-order valence-corrected chi connectivity index (χ2v) is 8.73. The highest BCUT2D eigenvalue weighted by atomic mass is 16.5. The maximum absolute atomic E-state index is 13.3. The molecule has 186 valence electrons. The topological polar surface area (TPSA) is 79.3 Å². The summed E-state index contributed by atoms with van der Waals surface area (Å²) in [5.74, 6) is -0.400. The fourth-order valence-corrected chi connectivity index (χ4v) is 4.37. The molecule has 36 heavy (non-hydrogen) atoms. The number of hydrogen-bond acceptors (Lipinski definition) is 6. The monoisotopic (exact) mass is 486 g/mol. The van der Waals surface area contributed by atoms with Gasteiger partial charge in [-0.05, 0) is 54.4 Å². The zero-order valence-electron chi connectivity index (χ0n) is 20.9. The van der Waals surface area contributed by atoms with E-state index in [1.54, 1.807) is 24.3 Å². The zero-order chi connectivity index (χ0) is 25.8. The number of ether oxygens (including phenoxy) is 2. The fraction of sp³-hybridized carbons (Fsp3) is 0.241. The van der Waals surface area contributed by atoms with E-state index in [1.165, 1.54) is 12.0 Å². The molecule has 3 aromatic rings. The van der Waals surface area contributed by atoms with Crippen molar-refractivity contribution in [3.63, 3.8) is 0 Å². The molecule has 1 saturated heterocycles. The van der Waals surface area contributed by atoms with Gasteiger partial charge in [0.05, 0.1) is 25.3 Å². The standard InChI is InChI=1S/C29H30N2O5/c1-5-36-24-11-6-8-19(16-24)18-31-26(20-12-14-22(15-13-20)30(2)3)25(28(33)29(31)34)27(32)21-9-7-10-23(17-21)35-4/h6-17,26,32H,5,18H2,1-4H3/b27-25-. The first-order valence-electron chi connectivity index (χ1n) is 11.8. The predicted molar refractivity (Wildman–Crippen MR) is 139 cm³/mol. The minimum Gasteiger partial charge on any atom is -0.507 e. The molecule has 0 aliphatic carbocycles. The molecule has 0 radical (unpaired) electrons. The summed E-state index contributed by atoms with van der Waals surface area (Å²) in [4.78, 5) is 30.1. The summed E-state index contributed by atoms with van der Waals surface area (Å²) in [7, 11) is 5.41. The van der Waals surface area contributed by atoms with Gasteiger partial charge >= 0.3 is 0 Å². The van der Waals surface area contributed by atoms with Gasteiger partial charge in [0.15, 0.2) is 0 Å². The SMILES string of the molecule is CCOc1cccc(CN2C(=O)C(=O)/C(=C(\O)c3cccc(OC)c3)C2c2ccc(N(C)C)cc2)c1. The van der Waals surface area contributed by atoms with Gasteiger partial charge in [0.25, 0.3) is 11.7 Å². The molecule has 1 unspecified atom stereocenters. The lowest BCUT2D eigenvalue weighted by Crippen LogP contribution is -2.29. The van der Waals surface area contributed by atoms with Gasteiger partial charge in [-0.15, -0.1) is 0 Å². The highest BCUT2D eigenvalue weighted by molar-refractivity contribution is 6.46. The number of methoxy groups -OCH3 is 1. The summed E-state index contributed by atoms with van der Waals surface area (Å²) in [6.07, 6.45) is 0. The molecule has 0 saturated carbocycles. The predicted octanol–water partition coefficient (Wildman–Crippen LogP) is 4.78. The van der Waals surface area contributed by atoms with Crippen LogP contribution in [0.15, 0.2) is 78.4 Å². The summed E-state index contributed by atoms with van der Waals surface area (Å²) in [5, 5.41) is 11.3. The third kappa shape index (κ3) is 4.91. The van der Waals surface area contributed by atoms with Crippen molar-refractivity contribution < 1.29 is 24.2 Å². The van der Waals surface area contributed by atoms with Crippen molar-refractivity contribution in [3.8, 4) is 11.5 Å². The Balaban J connectivity index is 1.83. The number of rotatable bonds is 8. The van der Waals surface area contributed by atoms with Gasteiger partial charge in [-0.1, -0.05) is 36.4 Å². The number of aliphatic hydroxyl groups is 1. The van der Waals surface area contributed by atoms with E-state index in [0.29, 0.717) is 23.7 Å². The Bertz CT molecular complexity index is 1300. The van der Waals surface area contributed by atoms with Crippen molar-refractivity contribution in [1.82, 2.24) is 4.90 Å². The van der Waals surface area contributed by atoms with Crippen LogP contribution in [0, 0.1) is 0 Å². The van der Waals surface area contributed by atoms with Crippen LogP contribution in [0.1, 0.15) is 29.7 Å². The van der Waals surface area contributed by atoms with E-state index in [2.05, 4.69) is 0 Å². The molecule has 4 rings (SSSR count). The Morgan fingerprint density at radius 3 is 2.33 bits per heavy atom. The molecule has 1 amide bonds. The number of carbonyl (C=O) groups is 2. The highest BCUT2D eigenvalue weighted by Crippen LogP contribution is 2.41. The Morgan fingerprint density at radius 1 is 0.972 bits per heavy atom. The number of amides is 1. The molecule has 1 aliphatic rings. The van der Waals surface area contributed by atoms with Crippen molar-refractivity contribution in [3.05, 3.63) is 95.1 Å². The van der Waals surface area contributed by atoms with Crippen molar-refractivity contribution >= 4 is 23.1 Å². The van der Waals surface area contributed by atoms with E-state index < -0.39 is 17.7 Å². The number of ketones is 1. The van der Waals surface area contributed by atoms with E-state index >= 15 is 0 Å². The summed E-state index contributed by atoms with van der Waals surface area (Å²) in [6, 6.07) is 21.1. The lowest BCUT2D eigenvalue weighted by Gasteiger charge is -2.26. The van der Waals surface area contributed by atoms with Crippen LogP contribution in [0.5, 0.6) is 11.5 Å². The smallest absolute Gasteiger partial charge is 0.295 e. The second kappa shape index (κ2) is 10.6. The molecule has 0 aromatic heterocycles. The Hall–Kier alpha value is -4.26. The summed E-state index contributed by atoms with van der Waals surface area (Å²) in [6.45, 7) is 2.61. The van der Waals surface area contributed by atoms with Crippen LogP contribution in [-0.4, -0.2) is 49.5 Å². The van der Waals surface area contributed by atoms with Crippen molar-refractivity contribution in [1.29, 1.82) is 0 Å². The molecule has 7 nitrogen and oxygen atoms in total. The molecule has 3 aromatic carbocycles. The molecule has 0 spiro atoms. The Kier molecular flexibility index (Phi) is 7.29. The molecular weight excluding hydrogens is 456 g/mol. The van der Waals surface area contributed by atoms with Gasteiger partial charge in [0, 0.05) is 31.9 Å². The molecular formula is C29H30N2O5. The van der Waals surface area contributed by atoms with E-state index in [-0.39, 0.29) is 17.9 Å². The van der Waals surface area contributed by atoms with Crippen LogP contribution in [0.4, 0.5) is 5.69 Å².